The molecule has 23 heavy (non-hydrogen) atoms. The molecular formula is C16H20Cl2N2O3. The molecule has 1 aliphatic rings. The Kier molecular flexibility index (Phi) is 6.69. The fourth-order valence-corrected chi connectivity index (χ4v) is 2.83. The topological polar surface area (TPSA) is 49.9 Å². The number of carbonyl (C=O) groups excluding carboxylic acids is 2. The van der Waals surface area contributed by atoms with Crippen LogP contribution >= 0.6 is 23.2 Å². The third kappa shape index (κ3) is 5.09. The second-order valence-electron chi connectivity index (χ2n) is 5.36. The van der Waals surface area contributed by atoms with Crippen molar-refractivity contribution in [2.24, 2.45) is 0 Å². The molecule has 5 nitrogen and oxygen atoms in total. The van der Waals surface area contributed by atoms with E-state index in [4.69, 9.17) is 27.9 Å². The van der Waals surface area contributed by atoms with E-state index in [-0.39, 0.29) is 18.4 Å². The van der Waals surface area contributed by atoms with Gasteiger partial charge in [-0.05, 0) is 31.5 Å². The average molecular weight is 359 g/mol. The number of hydrogen-bond acceptors (Lipinski definition) is 4. The van der Waals surface area contributed by atoms with Gasteiger partial charge in [-0.25, -0.2) is 0 Å². The molecule has 1 aliphatic heterocycles. The standard InChI is InChI=1S/C16H20Cl2N2O3/c1-2-23-15(21)11-19-6-3-7-20(9-8-19)16(22)12-4-5-13(17)14(18)10-12/h4-5,10H,2-3,6-9,11H2,1H3. The first-order chi connectivity index (χ1) is 11.0. The number of carbonyl (C=O) groups is 2. The van der Waals surface area contributed by atoms with Gasteiger partial charge in [0.05, 0.1) is 23.2 Å². The molecule has 1 fully saturated rings. The molecule has 0 aliphatic carbocycles. The Morgan fingerprint density at radius 1 is 1.13 bits per heavy atom. The van der Waals surface area contributed by atoms with Gasteiger partial charge < -0.3 is 9.64 Å². The Morgan fingerprint density at radius 3 is 2.61 bits per heavy atom. The normalized spacial score (nSPS) is 16.0. The molecule has 0 unspecified atom stereocenters. The van der Waals surface area contributed by atoms with Crippen molar-refractivity contribution in [2.45, 2.75) is 13.3 Å². The number of hydrogen-bond donors (Lipinski definition) is 0. The number of nitrogens with zero attached hydrogens (tertiary/aromatic N) is 2. The Hall–Kier alpha value is -1.30. The van der Waals surface area contributed by atoms with Crippen LogP contribution in [-0.4, -0.2) is 61.0 Å². The Morgan fingerprint density at radius 2 is 1.91 bits per heavy atom. The molecule has 0 radical (unpaired) electrons. The highest BCUT2D eigenvalue weighted by Crippen LogP contribution is 2.23. The average Bonchev–Trinajstić information content (AvgIpc) is 2.75. The van der Waals surface area contributed by atoms with Gasteiger partial charge in [-0.1, -0.05) is 23.2 Å². The van der Waals surface area contributed by atoms with Gasteiger partial charge in [-0.3, -0.25) is 14.5 Å². The minimum absolute atomic E-state index is 0.0680. The fourth-order valence-electron chi connectivity index (χ4n) is 2.53. The second kappa shape index (κ2) is 8.52. The molecule has 0 N–H and O–H groups in total. The third-order valence-corrected chi connectivity index (χ3v) is 4.44. The minimum Gasteiger partial charge on any atom is -0.465 e. The van der Waals surface area contributed by atoms with E-state index in [1.54, 1.807) is 30.0 Å². The van der Waals surface area contributed by atoms with Crippen LogP contribution < -0.4 is 0 Å². The van der Waals surface area contributed by atoms with Gasteiger partial charge in [0, 0.05) is 31.7 Å². The highest BCUT2D eigenvalue weighted by Gasteiger charge is 2.22. The van der Waals surface area contributed by atoms with Crippen LogP contribution in [0.25, 0.3) is 0 Å². The number of halogens is 2. The van der Waals surface area contributed by atoms with Crippen LogP contribution in [0.1, 0.15) is 23.7 Å². The van der Waals surface area contributed by atoms with E-state index in [0.29, 0.717) is 41.8 Å². The zero-order chi connectivity index (χ0) is 16.8. The molecule has 1 aromatic rings. The van der Waals surface area contributed by atoms with Gasteiger partial charge >= 0.3 is 5.97 Å². The summed E-state index contributed by atoms with van der Waals surface area (Å²) >= 11 is 11.9. The predicted octanol–water partition coefficient (Wildman–Crippen LogP) is 2.70. The Balaban J connectivity index is 1.95. The van der Waals surface area contributed by atoms with Crippen molar-refractivity contribution in [3.63, 3.8) is 0 Å². The zero-order valence-corrected chi connectivity index (χ0v) is 14.6. The SMILES string of the molecule is CCOC(=O)CN1CCCN(C(=O)c2ccc(Cl)c(Cl)c2)CC1. The van der Waals surface area contributed by atoms with Crippen molar-refractivity contribution < 1.29 is 14.3 Å². The molecule has 1 saturated heterocycles. The summed E-state index contributed by atoms with van der Waals surface area (Å²) in [6.07, 6.45) is 0.812. The fraction of sp³-hybridized carbons (Fsp3) is 0.500. The van der Waals surface area contributed by atoms with Crippen molar-refractivity contribution in [1.82, 2.24) is 9.80 Å². The van der Waals surface area contributed by atoms with Crippen LogP contribution in [-0.2, 0) is 9.53 Å². The molecule has 0 aromatic heterocycles. The van der Waals surface area contributed by atoms with Gasteiger partial charge in [0.2, 0.25) is 0 Å². The van der Waals surface area contributed by atoms with E-state index in [0.717, 1.165) is 13.0 Å². The summed E-state index contributed by atoms with van der Waals surface area (Å²) in [5, 5.41) is 0.802. The maximum absolute atomic E-state index is 12.6. The summed E-state index contributed by atoms with van der Waals surface area (Å²) in [6, 6.07) is 4.90. The summed E-state index contributed by atoms with van der Waals surface area (Å²) in [4.78, 5) is 27.9. The molecule has 1 amide bonds. The van der Waals surface area contributed by atoms with E-state index in [1.165, 1.54) is 0 Å². The smallest absolute Gasteiger partial charge is 0.320 e. The van der Waals surface area contributed by atoms with Crippen molar-refractivity contribution in [2.75, 3.05) is 39.3 Å². The highest BCUT2D eigenvalue weighted by atomic mass is 35.5. The summed E-state index contributed by atoms with van der Waals surface area (Å²) < 4.78 is 4.97. The van der Waals surface area contributed by atoms with Crippen molar-refractivity contribution >= 4 is 35.1 Å². The van der Waals surface area contributed by atoms with E-state index in [1.807, 2.05) is 4.90 Å². The third-order valence-electron chi connectivity index (χ3n) is 3.70. The van der Waals surface area contributed by atoms with Crippen LogP contribution in [0.15, 0.2) is 18.2 Å². The Bertz CT molecular complexity index is 580. The summed E-state index contributed by atoms with van der Waals surface area (Å²) in [7, 11) is 0. The lowest BCUT2D eigenvalue weighted by Gasteiger charge is -2.21. The van der Waals surface area contributed by atoms with E-state index >= 15 is 0 Å². The summed E-state index contributed by atoms with van der Waals surface area (Å²) in [5.41, 5.74) is 0.526. The maximum Gasteiger partial charge on any atom is 0.320 e. The maximum atomic E-state index is 12.6. The zero-order valence-electron chi connectivity index (χ0n) is 13.1. The molecule has 2 rings (SSSR count). The van der Waals surface area contributed by atoms with Gasteiger partial charge in [0.25, 0.3) is 5.91 Å². The van der Waals surface area contributed by atoms with Gasteiger partial charge in [-0.15, -0.1) is 0 Å². The number of amides is 1. The number of esters is 1. The van der Waals surface area contributed by atoms with Gasteiger partial charge in [0.15, 0.2) is 0 Å². The molecule has 126 valence electrons. The number of ether oxygens (including phenoxy) is 1. The molecule has 1 aromatic carbocycles. The quantitative estimate of drug-likeness (QED) is 0.776. The first-order valence-electron chi connectivity index (χ1n) is 7.63. The van der Waals surface area contributed by atoms with Crippen LogP contribution in [0, 0.1) is 0 Å². The van der Waals surface area contributed by atoms with Gasteiger partial charge in [-0.2, -0.15) is 0 Å². The minimum atomic E-state index is -0.225. The van der Waals surface area contributed by atoms with Crippen molar-refractivity contribution in [3.05, 3.63) is 33.8 Å². The molecule has 7 heteroatoms. The van der Waals surface area contributed by atoms with Crippen molar-refractivity contribution in [1.29, 1.82) is 0 Å². The molecule has 0 atom stereocenters. The summed E-state index contributed by atoms with van der Waals surface area (Å²) in [5.74, 6) is -0.293. The van der Waals surface area contributed by atoms with Crippen LogP contribution in [0.2, 0.25) is 10.0 Å². The molecule has 0 bridgehead atoms. The predicted molar refractivity (Wildman–Crippen MR) is 90.1 cm³/mol. The monoisotopic (exact) mass is 358 g/mol. The van der Waals surface area contributed by atoms with Crippen molar-refractivity contribution in [3.8, 4) is 0 Å². The van der Waals surface area contributed by atoms with Gasteiger partial charge in [0.1, 0.15) is 0 Å². The lowest BCUT2D eigenvalue weighted by atomic mass is 10.2. The lowest BCUT2D eigenvalue weighted by molar-refractivity contribution is -0.144. The molecule has 0 saturated carbocycles. The van der Waals surface area contributed by atoms with E-state index in [9.17, 15) is 9.59 Å². The van der Waals surface area contributed by atoms with Crippen LogP contribution in [0.5, 0.6) is 0 Å². The highest BCUT2D eigenvalue weighted by molar-refractivity contribution is 6.42. The second-order valence-corrected chi connectivity index (χ2v) is 6.17. The van der Waals surface area contributed by atoms with E-state index in [2.05, 4.69) is 0 Å². The molecule has 0 spiro atoms. The van der Waals surface area contributed by atoms with Crippen LogP contribution in [0.4, 0.5) is 0 Å². The van der Waals surface area contributed by atoms with E-state index < -0.39 is 0 Å². The number of rotatable bonds is 4. The lowest BCUT2D eigenvalue weighted by Crippen LogP contribution is -2.37. The first-order valence-corrected chi connectivity index (χ1v) is 8.39. The first kappa shape index (κ1) is 18.0. The molecular weight excluding hydrogens is 339 g/mol. The largest absolute Gasteiger partial charge is 0.465 e. The van der Waals surface area contributed by atoms with Crippen LogP contribution in [0.3, 0.4) is 0 Å². The number of benzene rings is 1. The Labute approximate surface area is 146 Å². The summed E-state index contributed by atoms with van der Waals surface area (Å²) in [6.45, 7) is 5.07. The molecule has 1 heterocycles.